The van der Waals surface area contributed by atoms with E-state index in [1.54, 1.807) is 29.2 Å². The number of hydrogen-bond acceptors (Lipinski definition) is 6. The lowest BCUT2D eigenvalue weighted by molar-refractivity contribution is -0.133. The smallest absolute Gasteiger partial charge is 0.254 e. The van der Waals surface area contributed by atoms with Crippen LogP contribution >= 0.6 is 11.8 Å². The van der Waals surface area contributed by atoms with Crippen LogP contribution in [0.2, 0.25) is 0 Å². The van der Waals surface area contributed by atoms with Crippen LogP contribution in [0.25, 0.3) is 6.08 Å². The molecule has 2 amide bonds. The van der Waals surface area contributed by atoms with Crippen molar-refractivity contribution >= 4 is 35.3 Å². The molecule has 4 rings (SSSR count). The monoisotopic (exact) mass is 435 g/mol. The van der Waals surface area contributed by atoms with Crippen molar-refractivity contribution in [1.29, 1.82) is 5.26 Å². The number of thioether (sulfide) groups is 1. The van der Waals surface area contributed by atoms with Crippen LogP contribution in [0.5, 0.6) is 11.5 Å². The minimum atomic E-state index is -0.579. The predicted octanol–water partition coefficient (Wildman–Crippen LogP) is 3.27. The number of carbonyl (C=O) groups excluding carboxylic acids is 2. The molecule has 0 radical (unpaired) electrons. The van der Waals surface area contributed by atoms with Crippen LogP contribution in [-0.2, 0) is 9.59 Å². The van der Waals surface area contributed by atoms with Gasteiger partial charge in [0.2, 0.25) is 5.91 Å². The minimum Gasteiger partial charge on any atom is -0.490 e. The number of fused-ring (bicyclic) bond motifs is 1. The molecule has 0 aromatic heterocycles. The third-order valence-electron chi connectivity index (χ3n) is 5.01. The Bertz CT molecular complexity index is 1080. The van der Waals surface area contributed by atoms with Gasteiger partial charge in [-0.1, -0.05) is 12.1 Å². The Balaban J connectivity index is 1.49. The van der Waals surface area contributed by atoms with Gasteiger partial charge in [0, 0.05) is 17.0 Å². The number of nitrogens with zero attached hydrogens (tertiary/aromatic N) is 2. The molecule has 0 aliphatic carbocycles. The maximum absolute atomic E-state index is 13.2. The van der Waals surface area contributed by atoms with Gasteiger partial charge in [-0.25, -0.2) is 0 Å². The lowest BCUT2D eigenvalue weighted by Crippen LogP contribution is -2.45. The van der Waals surface area contributed by atoms with E-state index in [9.17, 15) is 9.59 Å². The molecule has 1 saturated heterocycles. The number of benzene rings is 2. The Hall–Kier alpha value is -3.44. The summed E-state index contributed by atoms with van der Waals surface area (Å²) in [6.45, 7) is 2.55. The molecule has 2 aromatic rings. The molecule has 158 valence electrons. The highest BCUT2D eigenvalue weighted by Gasteiger charge is 2.36. The van der Waals surface area contributed by atoms with Crippen LogP contribution in [-0.4, -0.2) is 47.6 Å². The Morgan fingerprint density at radius 3 is 2.84 bits per heavy atom. The average Bonchev–Trinajstić information content (AvgIpc) is 3.29. The van der Waals surface area contributed by atoms with Gasteiger partial charge >= 0.3 is 0 Å². The van der Waals surface area contributed by atoms with Crippen LogP contribution in [0, 0.1) is 11.3 Å². The first kappa shape index (κ1) is 20.8. The summed E-state index contributed by atoms with van der Waals surface area (Å²) >= 11 is 1.54. The number of hydrogen-bond donors (Lipinski definition) is 1. The largest absolute Gasteiger partial charge is 0.490 e. The first-order valence-electron chi connectivity index (χ1n) is 9.89. The van der Waals surface area contributed by atoms with E-state index in [0.717, 1.165) is 5.56 Å². The van der Waals surface area contributed by atoms with Crippen molar-refractivity contribution in [1.82, 2.24) is 4.90 Å². The highest BCUT2D eigenvalue weighted by molar-refractivity contribution is 7.99. The summed E-state index contributed by atoms with van der Waals surface area (Å²) in [6.07, 6.45) is 1.81. The van der Waals surface area contributed by atoms with Crippen LogP contribution < -0.4 is 14.8 Å². The van der Waals surface area contributed by atoms with Crippen LogP contribution in [0.4, 0.5) is 5.69 Å². The second-order valence-electron chi connectivity index (χ2n) is 7.03. The average molecular weight is 436 g/mol. The van der Waals surface area contributed by atoms with Gasteiger partial charge < -0.3 is 19.7 Å². The zero-order chi connectivity index (χ0) is 21.8. The summed E-state index contributed by atoms with van der Waals surface area (Å²) in [5, 5.41) is 11.7. The number of rotatable bonds is 5. The molecular weight excluding hydrogens is 414 g/mol. The molecule has 31 heavy (non-hydrogen) atoms. The summed E-state index contributed by atoms with van der Waals surface area (Å²) in [5.74, 6) is 1.78. The summed E-state index contributed by atoms with van der Waals surface area (Å²) in [7, 11) is 0. The van der Waals surface area contributed by atoms with E-state index in [0.29, 0.717) is 46.6 Å². The molecule has 0 bridgehead atoms. The lowest BCUT2D eigenvalue weighted by atomic mass is 10.1. The molecule has 1 atom stereocenters. The van der Waals surface area contributed by atoms with Gasteiger partial charge in [-0.15, -0.1) is 11.8 Å². The molecule has 1 N–H and O–H groups in total. The maximum atomic E-state index is 13.2. The number of nitriles is 1. The van der Waals surface area contributed by atoms with Crippen molar-refractivity contribution in [3.63, 3.8) is 0 Å². The van der Waals surface area contributed by atoms with Gasteiger partial charge in [0.1, 0.15) is 12.6 Å². The molecule has 2 aliphatic heterocycles. The van der Waals surface area contributed by atoms with E-state index in [1.807, 2.05) is 37.3 Å². The van der Waals surface area contributed by atoms with Gasteiger partial charge in [0.15, 0.2) is 11.5 Å². The van der Waals surface area contributed by atoms with E-state index < -0.39 is 6.04 Å². The number of para-hydroxylation sites is 1. The van der Waals surface area contributed by atoms with Crippen molar-refractivity contribution in [2.45, 2.75) is 13.0 Å². The summed E-state index contributed by atoms with van der Waals surface area (Å²) in [5.41, 5.74) is 2.39. The standard InChI is InChI=1S/C23H21N3O4S/c1-2-29-20-5-3-4-16-10-17(12-30-21(16)20)23(28)26-14-31-13-19(26)22(27)25-18-8-6-15(11-24)7-9-18/h3-10,19H,2,12-14H2,1H3,(H,25,27). The number of carbonyl (C=O) groups is 2. The van der Waals surface area contributed by atoms with Crippen molar-refractivity contribution in [2.75, 3.05) is 30.2 Å². The van der Waals surface area contributed by atoms with Gasteiger partial charge in [-0.3, -0.25) is 9.59 Å². The molecule has 0 saturated carbocycles. The quantitative estimate of drug-likeness (QED) is 0.775. The minimum absolute atomic E-state index is 0.126. The number of ether oxygens (including phenoxy) is 2. The molecule has 2 heterocycles. The number of nitrogens with one attached hydrogen (secondary N) is 1. The van der Waals surface area contributed by atoms with Crippen LogP contribution in [0.3, 0.4) is 0 Å². The Morgan fingerprint density at radius 2 is 2.10 bits per heavy atom. The molecule has 7 nitrogen and oxygen atoms in total. The highest BCUT2D eigenvalue weighted by atomic mass is 32.2. The van der Waals surface area contributed by atoms with Crippen molar-refractivity contribution < 1.29 is 19.1 Å². The normalized spacial score (nSPS) is 17.1. The Labute approximate surface area is 184 Å². The van der Waals surface area contributed by atoms with E-state index >= 15 is 0 Å². The SMILES string of the molecule is CCOc1cccc2c1OCC(C(=O)N1CSCC1C(=O)Nc1ccc(C#N)cc1)=C2. The fourth-order valence-corrected chi connectivity index (χ4v) is 4.62. The van der Waals surface area contributed by atoms with Crippen molar-refractivity contribution in [2.24, 2.45) is 0 Å². The van der Waals surface area contributed by atoms with E-state index in [4.69, 9.17) is 14.7 Å². The molecule has 2 aliphatic rings. The molecular formula is C23H21N3O4S. The van der Waals surface area contributed by atoms with Crippen LogP contribution in [0.15, 0.2) is 48.0 Å². The molecule has 1 unspecified atom stereocenters. The fraction of sp³-hybridized carbons (Fsp3) is 0.261. The zero-order valence-corrected chi connectivity index (χ0v) is 17.8. The van der Waals surface area contributed by atoms with Crippen molar-refractivity contribution in [3.8, 4) is 17.6 Å². The summed E-state index contributed by atoms with van der Waals surface area (Å²) < 4.78 is 11.4. The molecule has 0 spiro atoms. The lowest BCUT2D eigenvalue weighted by Gasteiger charge is -2.26. The zero-order valence-electron chi connectivity index (χ0n) is 17.0. The first-order valence-corrected chi connectivity index (χ1v) is 11.0. The maximum Gasteiger partial charge on any atom is 0.254 e. The number of anilines is 1. The third-order valence-corrected chi connectivity index (χ3v) is 6.03. The summed E-state index contributed by atoms with van der Waals surface area (Å²) in [4.78, 5) is 27.6. The Morgan fingerprint density at radius 1 is 1.29 bits per heavy atom. The molecule has 2 aromatic carbocycles. The van der Waals surface area contributed by atoms with Gasteiger partial charge in [-0.2, -0.15) is 5.26 Å². The fourth-order valence-electron chi connectivity index (χ4n) is 3.47. The topological polar surface area (TPSA) is 91.7 Å². The third kappa shape index (κ3) is 4.37. The van der Waals surface area contributed by atoms with Crippen LogP contribution in [0.1, 0.15) is 18.1 Å². The second-order valence-corrected chi connectivity index (χ2v) is 8.03. The van der Waals surface area contributed by atoms with E-state index in [-0.39, 0.29) is 18.4 Å². The first-order chi connectivity index (χ1) is 15.1. The van der Waals surface area contributed by atoms with Gasteiger partial charge in [-0.05, 0) is 43.3 Å². The van der Waals surface area contributed by atoms with E-state index in [1.165, 1.54) is 11.8 Å². The molecule has 1 fully saturated rings. The van der Waals surface area contributed by atoms with Crippen molar-refractivity contribution in [3.05, 3.63) is 59.2 Å². The van der Waals surface area contributed by atoms with E-state index in [2.05, 4.69) is 5.32 Å². The summed E-state index contributed by atoms with van der Waals surface area (Å²) in [6, 6.07) is 13.7. The predicted molar refractivity (Wildman–Crippen MR) is 119 cm³/mol. The van der Waals surface area contributed by atoms with Gasteiger partial charge in [0.25, 0.3) is 5.91 Å². The number of amides is 2. The molecule has 8 heteroatoms. The Kier molecular flexibility index (Phi) is 6.14. The highest BCUT2D eigenvalue weighted by Crippen LogP contribution is 2.36. The second kappa shape index (κ2) is 9.14. The van der Waals surface area contributed by atoms with Gasteiger partial charge in [0.05, 0.1) is 29.7 Å².